The van der Waals surface area contributed by atoms with Crippen molar-refractivity contribution in [1.29, 1.82) is 0 Å². The third-order valence-electron chi connectivity index (χ3n) is 10.0. The Hall–Kier alpha value is -1.17. The van der Waals surface area contributed by atoms with E-state index in [2.05, 4.69) is 12.9 Å². The summed E-state index contributed by atoms with van der Waals surface area (Å²) >= 11 is 0.990. The molecule has 0 bridgehead atoms. The van der Waals surface area contributed by atoms with Crippen LogP contribution in [0.25, 0.3) is 0 Å². The quantitative estimate of drug-likeness (QED) is 0.622. The van der Waals surface area contributed by atoms with E-state index in [9.17, 15) is 19.5 Å². The predicted octanol–water partition coefficient (Wildman–Crippen LogP) is 4.55. The van der Waals surface area contributed by atoms with Gasteiger partial charge in [-0.1, -0.05) is 18.7 Å². The van der Waals surface area contributed by atoms with Gasteiger partial charge in [-0.15, -0.1) is 0 Å². The van der Waals surface area contributed by atoms with Crippen LogP contribution in [0.4, 0.5) is 9.18 Å². The molecule has 1 N–H and O–H groups in total. The molecule has 1 heterocycles. The summed E-state index contributed by atoms with van der Waals surface area (Å²) in [5.74, 6) is 2.67. The Kier molecular flexibility index (Phi) is 5.43. The maximum Gasteiger partial charge on any atom is 0.289 e. The fraction of sp³-hybridized carbons (Fsp3) is 0.840. The second kappa shape index (κ2) is 7.68. The molecule has 8 atom stereocenters. The number of hydrogen-bond donors (Lipinski definition) is 1. The van der Waals surface area contributed by atoms with Crippen molar-refractivity contribution in [3.8, 4) is 0 Å². The number of halogens is 1. The average Bonchev–Trinajstić information content (AvgIpc) is 3.25. The molecule has 0 aromatic carbocycles. The highest BCUT2D eigenvalue weighted by Crippen LogP contribution is 2.67. The summed E-state index contributed by atoms with van der Waals surface area (Å²) in [6.45, 7) is 4.15. The van der Waals surface area contributed by atoms with Gasteiger partial charge in [-0.05, 0) is 99.7 Å². The normalized spacial score (nSPS) is 48.1. The van der Waals surface area contributed by atoms with Crippen molar-refractivity contribution in [1.82, 2.24) is 4.90 Å². The van der Waals surface area contributed by atoms with Crippen LogP contribution >= 0.6 is 11.8 Å². The minimum atomic E-state index is -1.18. The first-order valence-corrected chi connectivity index (χ1v) is 13.2. The van der Waals surface area contributed by atoms with Crippen molar-refractivity contribution in [2.24, 2.45) is 35.0 Å². The Bertz CT molecular complexity index is 869. The fourth-order valence-electron chi connectivity index (χ4n) is 8.47. The Labute approximate surface area is 193 Å². The number of alkyl halides is 1. The predicted molar refractivity (Wildman–Crippen MR) is 120 cm³/mol. The van der Waals surface area contributed by atoms with Gasteiger partial charge in [0.2, 0.25) is 5.91 Å². The van der Waals surface area contributed by atoms with Crippen molar-refractivity contribution in [2.45, 2.75) is 82.9 Å². The second-order valence-electron chi connectivity index (χ2n) is 11.6. The van der Waals surface area contributed by atoms with E-state index in [0.29, 0.717) is 36.7 Å². The van der Waals surface area contributed by atoms with Crippen LogP contribution in [0.15, 0.2) is 5.57 Å². The van der Waals surface area contributed by atoms with E-state index in [1.807, 2.05) is 6.92 Å². The zero-order valence-corrected chi connectivity index (χ0v) is 19.9. The minimum Gasteiger partial charge on any atom is -0.390 e. The molecule has 4 aliphatic carbocycles. The molecule has 7 heteroatoms. The molecular weight excluding hydrogens is 429 g/mol. The molecule has 5 fully saturated rings. The molecule has 0 aromatic rings. The summed E-state index contributed by atoms with van der Waals surface area (Å²) in [5.41, 5.74) is -1.51. The lowest BCUT2D eigenvalue weighted by Crippen LogP contribution is -2.58. The van der Waals surface area contributed by atoms with Gasteiger partial charge in [-0.2, -0.15) is 0 Å². The third-order valence-corrected chi connectivity index (χ3v) is 10.9. The monoisotopic (exact) mass is 463 g/mol. The van der Waals surface area contributed by atoms with Crippen LogP contribution in [0.5, 0.6) is 0 Å². The van der Waals surface area contributed by atoms with E-state index in [1.54, 1.807) is 0 Å². The summed E-state index contributed by atoms with van der Waals surface area (Å²) in [5, 5.41) is 10.3. The van der Waals surface area contributed by atoms with Crippen LogP contribution in [0.3, 0.4) is 0 Å². The minimum absolute atomic E-state index is 0.00229. The molecule has 0 unspecified atom stereocenters. The molecule has 5 rings (SSSR count). The smallest absolute Gasteiger partial charge is 0.289 e. The number of nitrogens with zero attached hydrogens (tertiary/aromatic N) is 1. The topological polar surface area (TPSA) is 74.7 Å². The van der Waals surface area contributed by atoms with Crippen molar-refractivity contribution in [3.63, 3.8) is 0 Å². The number of amides is 2. The third kappa shape index (κ3) is 3.33. The van der Waals surface area contributed by atoms with Gasteiger partial charge in [-0.3, -0.25) is 14.5 Å². The van der Waals surface area contributed by atoms with Crippen LogP contribution in [0.2, 0.25) is 0 Å². The van der Waals surface area contributed by atoms with Crippen LogP contribution < -0.4 is 0 Å². The first-order chi connectivity index (χ1) is 15.1. The van der Waals surface area contributed by atoms with Crippen molar-refractivity contribution in [2.75, 3.05) is 12.3 Å². The zero-order valence-electron chi connectivity index (χ0n) is 19.1. The number of imide groups is 1. The molecular formula is C25H34FNO4S. The molecule has 5 aliphatic rings. The van der Waals surface area contributed by atoms with Crippen LogP contribution in [0.1, 0.15) is 71.6 Å². The molecule has 0 spiro atoms. The summed E-state index contributed by atoms with van der Waals surface area (Å²) in [4.78, 5) is 37.4. The maximum atomic E-state index is 16.5. The summed E-state index contributed by atoms with van der Waals surface area (Å²) < 4.78 is 16.5. The summed E-state index contributed by atoms with van der Waals surface area (Å²) in [7, 11) is 0. The second-order valence-corrected chi connectivity index (χ2v) is 12.5. The van der Waals surface area contributed by atoms with Crippen molar-refractivity contribution in [3.05, 3.63) is 5.57 Å². The number of rotatable bonds is 3. The number of fused-ring (bicyclic) bond motifs is 5. The van der Waals surface area contributed by atoms with E-state index < -0.39 is 11.3 Å². The lowest BCUT2D eigenvalue weighted by atomic mass is 9.47. The van der Waals surface area contributed by atoms with E-state index in [1.165, 1.54) is 4.90 Å². The lowest BCUT2D eigenvalue weighted by Gasteiger charge is -2.59. The molecule has 32 heavy (non-hydrogen) atoms. The number of aliphatic hydroxyl groups is 1. The fourth-order valence-corrected chi connectivity index (χ4v) is 9.19. The first kappa shape index (κ1) is 22.6. The van der Waals surface area contributed by atoms with Crippen LogP contribution in [-0.2, 0) is 9.59 Å². The summed E-state index contributed by atoms with van der Waals surface area (Å²) in [6, 6.07) is 0. The average molecular weight is 464 g/mol. The maximum absolute atomic E-state index is 16.5. The molecule has 1 aliphatic heterocycles. The molecule has 0 radical (unpaired) electrons. The zero-order chi connectivity index (χ0) is 22.9. The van der Waals surface area contributed by atoms with E-state index >= 15 is 4.39 Å². The Balaban J connectivity index is 1.36. The highest BCUT2D eigenvalue weighted by Gasteiger charge is 2.63. The number of carbonyl (C=O) groups is 2. The van der Waals surface area contributed by atoms with Crippen molar-refractivity contribution < 1.29 is 23.9 Å². The molecule has 1 saturated heterocycles. The van der Waals surface area contributed by atoms with Gasteiger partial charge in [0, 0.05) is 5.57 Å². The Morgan fingerprint density at radius 1 is 1.12 bits per heavy atom. The largest absolute Gasteiger partial charge is 0.390 e. The molecule has 5 nitrogen and oxygen atoms in total. The SMILES string of the molecule is C[C@@]1(O)CC[C@@]2(F)[C@H](CC[C@H]3[C@@H]4CC[C@H](C(=C=O)CN5C(=O)CSC5=O)[C@@]4(C)CC[C@@H]32)C1. The molecule has 2 amide bonds. The summed E-state index contributed by atoms with van der Waals surface area (Å²) in [6.07, 6.45) is 6.84. The van der Waals surface area contributed by atoms with Gasteiger partial charge in [0.25, 0.3) is 5.24 Å². The first-order valence-electron chi connectivity index (χ1n) is 12.2. The van der Waals surface area contributed by atoms with Gasteiger partial charge in [0.05, 0.1) is 17.9 Å². The Morgan fingerprint density at radius 3 is 2.59 bits per heavy atom. The van der Waals surface area contributed by atoms with Gasteiger partial charge in [-0.25, -0.2) is 9.18 Å². The lowest BCUT2D eigenvalue weighted by molar-refractivity contribution is -0.163. The highest BCUT2D eigenvalue weighted by atomic mass is 32.2. The van der Waals surface area contributed by atoms with Crippen molar-refractivity contribution >= 4 is 28.8 Å². The highest BCUT2D eigenvalue weighted by molar-refractivity contribution is 8.14. The number of hydrogen-bond acceptors (Lipinski definition) is 5. The van der Waals surface area contributed by atoms with Crippen LogP contribution in [-0.4, -0.2) is 50.7 Å². The van der Waals surface area contributed by atoms with Gasteiger partial charge in [0.1, 0.15) is 11.6 Å². The molecule has 0 aromatic heterocycles. The van der Waals surface area contributed by atoms with E-state index in [4.69, 9.17) is 0 Å². The Morgan fingerprint density at radius 2 is 1.91 bits per heavy atom. The van der Waals surface area contributed by atoms with E-state index in [0.717, 1.165) is 50.3 Å². The standard InChI is InChI=1S/C25H34FNO4S/c1-23(31)9-10-25(26)16(11-23)3-4-17-19-6-5-18(24(19,2)8-7-20(17)25)15(13-28)12-27-21(29)14-32-22(27)30/h16-20,31H,3-12,14H2,1-2H3/t16-,17+,18-,19+,20+,23-,24-,25-/m1/s1. The van der Waals surface area contributed by atoms with Crippen LogP contribution in [0, 0.1) is 35.0 Å². The van der Waals surface area contributed by atoms with E-state index in [-0.39, 0.29) is 46.6 Å². The number of thioether (sulfide) groups is 1. The molecule has 4 saturated carbocycles. The van der Waals surface area contributed by atoms with Gasteiger partial charge >= 0.3 is 0 Å². The molecule has 176 valence electrons. The van der Waals surface area contributed by atoms with Gasteiger partial charge < -0.3 is 5.11 Å². The van der Waals surface area contributed by atoms with Gasteiger partial charge in [0.15, 0.2) is 0 Å². The number of carbonyl (C=O) groups excluding carboxylic acids is 3.